The van der Waals surface area contributed by atoms with Crippen molar-refractivity contribution in [1.29, 1.82) is 0 Å². The van der Waals surface area contributed by atoms with E-state index in [9.17, 15) is 0 Å². The molecule has 0 atom stereocenters. The lowest BCUT2D eigenvalue weighted by Gasteiger charge is -2.23. The Bertz CT molecular complexity index is 296. The van der Waals surface area contributed by atoms with Crippen LogP contribution in [0.4, 0.5) is 0 Å². The molecule has 0 aromatic heterocycles. The van der Waals surface area contributed by atoms with E-state index >= 15 is 0 Å². The average Bonchev–Trinajstić information content (AvgIpc) is 2.18. The van der Waals surface area contributed by atoms with Crippen molar-refractivity contribution in [3.63, 3.8) is 0 Å². The molecule has 0 aliphatic heterocycles. The van der Waals surface area contributed by atoms with Crippen molar-refractivity contribution < 1.29 is 0 Å². The van der Waals surface area contributed by atoms with E-state index in [2.05, 4.69) is 64.0 Å². The lowest BCUT2D eigenvalue weighted by Crippen LogP contribution is -2.16. The Morgan fingerprint density at radius 2 is 1.60 bits per heavy atom. The third kappa shape index (κ3) is 3.35. The molecule has 0 spiro atoms. The van der Waals surface area contributed by atoms with Crippen LogP contribution < -0.4 is 0 Å². The van der Waals surface area contributed by atoms with E-state index in [0.29, 0.717) is 5.41 Å². The van der Waals surface area contributed by atoms with Gasteiger partial charge in [0.15, 0.2) is 0 Å². The Balaban J connectivity index is 2.81. The maximum atomic E-state index is 2.30. The molecule has 0 saturated heterocycles. The molecule has 1 nitrogen and oxygen atoms in total. The van der Waals surface area contributed by atoms with E-state index in [1.54, 1.807) is 0 Å². The molecule has 15 heavy (non-hydrogen) atoms. The molecule has 1 rings (SSSR count). The van der Waals surface area contributed by atoms with Crippen LogP contribution >= 0.6 is 0 Å². The van der Waals surface area contributed by atoms with Crippen molar-refractivity contribution in [3.05, 3.63) is 35.4 Å². The molecule has 0 bridgehead atoms. The van der Waals surface area contributed by atoms with Gasteiger partial charge in [0.1, 0.15) is 0 Å². The number of rotatable bonds is 4. The summed E-state index contributed by atoms with van der Waals surface area (Å²) in [5.74, 6) is 0. The summed E-state index contributed by atoms with van der Waals surface area (Å²) < 4.78 is 0. The van der Waals surface area contributed by atoms with E-state index < -0.39 is 0 Å². The largest absolute Gasteiger partial charge is 0.305 e. The van der Waals surface area contributed by atoms with Crippen molar-refractivity contribution in [2.75, 3.05) is 14.1 Å². The first-order valence-corrected chi connectivity index (χ1v) is 5.70. The molecule has 0 N–H and O–H groups in total. The Hall–Kier alpha value is -0.820. The second-order valence-corrected chi connectivity index (χ2v) is 5.17. The first kappa shape index (κ1) is 12.3. The van der Waals surface area contributed by atoms with Crippen LogP contribution in [-0.2, 0) is 12.0 Å². The summed E-state index contributed by atoms with van der Waals surface area (Å²) in [4.78, 5) is 2.19. The van der Waals surface area contributed by atoms with Crippen LogP contribution in [0, 0.1) is 0 Å². The van der Waals surface area contributed by atoms with Crippen molar-refractivity contribution in [2.24, 2.45) is 0 Å². The quantitative estimate of drug-likeness (QED) is 0.728. The maximum absolute atomic E-state index is 2.30. The number of hydrogen-bond donors (Lipinski definition) is 0. The number of benzene rings is 1. The first-order valence-electron chi connectivity index (χ1n) is 5.70. The zero-order valence-corrected chi connectivity index (χ0v) is 10.7. The number of nitrogens with zero attached hydrogens (tertiary/aromatic N) is 1. The molecule has 0 amide bonds. The minimum atomic E-state index is 0.302. The van der Waals surface area contributed by atoms with Crippen LogP contribution in [0.15, 0.2) is 24.3 Å². The van der Waals surface area contributed by atoms with Gasteiger partial charge >= 0.3 is 0 Å². The van der Waals surface area contributed by atoms with Crippen LogP contribution in [-0.4, -0.2) is 19.0 Å². The van der Waals surface area contributed by atoms with Crippen LogP contribution in [0.2, 0.25) is 0 Å². The molecule has 1 aromatic carbocycles. The molecule has 0 saturated carbocycles. The molecular formula is C14H23N. The monoisotopic (exact) mass is 205 g/mol. The van der Waals surface area contributed by atoms with Crippen molar-refractivity contribution in [1.82, 2.24) is 4.90 Å². The Morgan fingerprint density at radius 1 is 1.07 bits per heavy atom. The Labute approximate surface area is 94.1 Å². The Morgan fingerprint density at radius 3 is 2.00 bits per heavy atom. The van der Waals surface area contributed by atoms with E-state index in [0.717, 1.165) is 6.54 Å². The normalized spacial score (nSPS) is 12.1. The van der Waals surface area contributed by atoms with Crippen LogP contribution in [0.1, 0.15) is 38.3 Å². The molecule has 84 valence electrons. The summed E-state index contributed by atoms with van der Waals surface area (Å²) in [7, 11) is 4.20. The average molecular weight is 205 g/mol. The highest BCUT2D eigenvalue weighted by Gasteiger charge is 2.17. The van der Waals surface area contributed by atoms with E-state index in [1.165, 1.54) is 17.5 Å². The highest BCUT2D eigenvalue weighted by atomic mass is 15.0. The zero-order chi connectivity index (χ0) is 11.5. The van der Waals surface area contributed by atoms with Crippen LogP contribution in [0.5, 0.6) is 0 Å². The summed E-state index contributed by atoms with van der Waals surface area (Å²) in [6.07, 6.45) is 1.18. The van der Waals surface area contributed by atoms with Crippen molar-refractivity contribution >= 4 is 0 Å². The fraction of sp³-hybridized carbons (Fsp3) is 0.571. The second-order valence-electron chi connectivity index (χ2n) is 5.17. The van der Waals surface area contributed by atoms with Gasteiger partial charge in [-0.1, -0.05) is 45.0 Å². The SMILES string of the molecule is CCC(C)(C)c1ccc(CN(C)C)cc1. The molecule has 0 fully saturated rings. The van der Waals surface area contributed by atoms with Gasteiger partial charge in [0.25, 0.3) is 0 Å². The smallest absolute Gasteiger partial charge is 0.0227 e. The summed E-state index contributed by atoms with van der Waals surface area (Å²) in [6, 6.07) is 9.02. The van der Waals surface area contributed by atoms with Gasteiger partial charge in [-0.25, -0.2) is 0 Å². The molecule has 1 heteroatoms. The highest BCUT2D eigenvalue weighted by molar-refractivity contribution is 5.27. The lowest BCUT2D eigenvalue weighted by atomic mass is 9.82. The lowest BCUT2D eigenvalue weighted by molar-refractivity contribution is 0.402. The zero-order valence-electron chi connectivity index (χ0n) is 10.7. The van der Waals surface area contributed by atoms with Gasteiger partial charge in [0.05, 0.1) is 0 Å². The molecule has 0 radical (unpaired) electrons. The third-order valence-electron chi connectivity index (χ3n) is 3.12. The van der Waals surface area contributed by atoms with Gasteiger partial charge in [-0.3, -0.25) is 0 Å². The van der Waals surface area contributed by atoms with Gasteiger partial charge in [-0.15, -0.1) is 0 Å². The second kappa shape index (κ2) is 4.80. The topological polar surface area (TPSA) is 3.24 Å². The molecule has 0 aliphatic rings. The predicted molar refractivity (Wildman–Crippen MR) is 67.2 cm³/mol. The number of hydrogen-bond acceptors (Lipinski definition) is 1. The van der Waals surface area contributed by atoms with Crippen molar-refractivity contribution in [2.45, 2.75) is 39.2 Å². The van der Waals surface area contributed by atoms with Gasteiger partial charge < -0.3 is 4.90 Å². The summed E-state index contributed by atoms with van der Waals surface area (Å²) in [5.41, 5.74) is 3.12. The molecule has 0 unspecified atom stereocenters. The van der Waals surface area contributed by atoms with Gasteiger partial charge in [-0.05, 0) is 37.1 Å². The van der Waals surface area contributed by atoms with Crippen LogP contribution in [0.25, 0.3) is 0 Å². The molecular weight excluding hydrogens is 182 g/mol. The van der Waals surface area contributed by atoms with Gasteiger partial charge in [0.2, 0.25) is 0 Å². The fourth-order valence-corrected chi connectivity index (χ4v) is 1.63. The summed E-state index contributed by atoms with van der Waals surface area (Å²) in [5, 5.41) is 0. The third-order valence-corrected chi connectivity index (χ3v) is 3.12. The highest BCUT2D eigenvalue weighted by Crippen LogP contribution is 2.26. The standard InChI is InChI=1S/C14H23N/c1-6-14(2,3)13-9-7-12(8-10-13)11-15(4)5/h7-10H,6,11H2,1-5H3. The Kier molecular flexibility index (Phi) is 3.92. The molecule has 1 aromatic rings. The first-order chi connectivity index (χ1) is 6.95. The van der Waals surface area contributed by atoms with Gasteiger partial charge in [0, 0.05) is 6.54 Å². The van der Waals surface area contributed by atoms with E-state index in [-0.39, 0.29) is 0 Å². The van der Waals surface area contributed by atoms with E-state index in [1.807, 2.05) is 0 Å². The molecule has 0 heterocycles. The summed E-state index contributed by atoms with van der Waals surface area (Å²) in [6.45, 7) is 7.86. The minimum absolute atomic E-state index is 0.302. The summed E-state index contributed by atoms with van der Waals surface area (Å²) >= 11 is 0. The minimum Gasteiger partial charge on any atom is -0.305 e. The predicted octanol–water partition coefficient (Wildman–Crippen LogP) is 3.44. The fourth-order valence-electron chi connectivity index (χ4n) is 1.63. The molecule has 0 aliphatic carbocycles. The van der Waals surface area contributed by atoms with Crippen molar-refractivity contribution in [3.8, 4) is 0 Å². The maximum Gasteiger partial charge on any atom is 0.0227 e. The van der Waals surface area contributed by atoms with Crippen LogP contribution in [0.3, 0.4) is 0 Å². The van der Waals surface area contributed by atoms with Gasteiger partial charge in [-0.2, -0.15) is 0 Å². The van der Waals surface area contributed by atoms with E-state index in [4.69, 9.17) is 0 Å².